The van der Waals surface area contributed by atoms with Crippen LogP contribution in [0.5, 0.6) is 0 Å². The van der Waals surface area contributed by atoms with Crippen LogP contribution >= 0.6 is 11.8 Å². The topological polar surface area (TPSA) is 96.8 Å². The quantitative estimate of drug-likeness (QED) is 0.596. The molecule has 1 amide bonds. The lowest BCUT2D eigenvalue weighted by molar-refractivity contribution is -0.130. The van der Waals surface area contributed by atoms with Gasteiger partial charge in [-0.25, -0.2) is 14.1 Å². The minimum Gasteiger partial charge on any atom is -0.345 e. The maximum atomic E-state index is 13.2. The molecule has 8 nitrogen and oxygen atoms in total. The highest BCUT2D eigenvalue weighted by Gasteiger charge is 2.30. The Labute approximate surface area is 169 Å². The van der Waals surface area contributed by atoms with E-state index in [1.54, 1.807) is 23.7 Å². The van der Waals surface area contributed by atoms with Gasteiger partial charge in [0.1, 0.15) is 11.2 Å². The minimum atomic E-state index is -0.359. The van der Waals surface area contributed by atoms with Crippen LogP contribution in [0.1, 0.15) is 18.9 Å². The number of nitrogens with zero attached hydrogens (tertiary/aromatic N) is 6. The standard InChI is InChI=1S/C19H17FN6O2S/c1-24(8-2-7-21)16(27)9-14-11-29-19-23-17-15(18(28)25(14)19)10-22-26(17)13-5-3-12(20)4-6-13/h3-6,10,14H,2,8-9,11H2,1H3. The third-order valence-corrected chi connectivity index (χ3v) is 5.93. The lowest BCUT2D eigenvalue weighted by Gasteiger charge is -2.19. The van der Waals surface area contributed by atoms with E-state index in [9.17, 15) is 14.0 Å². The Kier molecular flexibility index (Phi) is 5.07. The van der Waals surface area contributed by atoms with Crippen molar-refractivity contribution in [3.63, 3.8) is 0 Å². The van der Waals surface area contributed by atoms with Gasteiger partial charge in [0.15, 0.2) is 10.8 Å². The van der Waals surface area contributed by atoms with Gasteiger partial charge in [-0.2, -0.15) is 10.4 Å². The van der Waals surface area contributed by atoms with E-state index in [4.69, 9.17) is 5.26 Å². The SMILES string of the molecule is CN(CCC#N)C(=O)CC1CSc2nc3c(cnn3-c3ccc(F)cc3)c(=O)n21. The second-order valence-electron chi connectivity index (χ2n) is 6.73. The van der Waals surface area contributed by atoms with E-state index in [-0.39, 0.29) is 36.2 Å². The molecule has 1 atom stereocenters. The van der Waals surface area contributed by atoms with E-state index in [1.165, 1.54) is 39.7 Å². The highest BCUT2D eigenvalue weighted by atomic mass is 32.2. The Balaban J connectivity index is 1.67. The van der Waals surface area contributed by atoms with Crippen molar-refractivity contribution >= 4 is 28.7 Å². The van der Waals surface area contributed by atoms with Crippen LogP contribution in [-0.4, -0.2) is 49.5 Å². The number of aromatic nitrogens is 4. The third kappa shape index (κ3) is 3.49. The van der Waals surface area contributed by atoms with Crippen LogP contribution in [0.15, 0.2) is 40.4 Å². The molecule has 0 bridgehead atoms. The number of amides is 1. The molecule has 10 heteroatoms. The summed E-state index contributed by atoms with van der Waals surface area (Å²) in [6, 6.07) is 7.50. The smallest absolute Gasteiger partial charge is 0.265 e. The van der Waals surface area contributed by atoms with Crippen molar-refractivity contribution in [1.82, 2.24) is 24.2 Å². The number of halogens is 1. The number of benzene rings is 1. The monoisotopic (exact) mass is 412 g/mol. The summed E-state index contributed by atoms with van der Waals surface area (Å²) >= 11 is 1.41. The molecule has 0 fully saturated rings. The average molecular weight is 412 g/mol. The van der Waals surface area contributed by atoms with Gasteiger partial charge < -0.3 is 4.90 Å². The number of nitriles is 1. The molecular weight excluding hydrogens is 395 g/mol. The molecule has 1 aliphatic rings. The molecule has 4 rings (SSSR count). The summed E-state index contributed by atoms with van der Waals surface area (Å²) in [6.45, 7) is 0.360. The largest absolute Gasteiger partial charge is 0.345 e. The van der Waals surface area contributed by atoms with E-state index in [0.717, 1.165) is 0 Å². The molecule has 1 aromatic carbocycles. The third-order valence-electron chi connectivity index (χ3n) is 4.84. The van der Waals surface area contributed by atoms with E-state index < -0.39 is 0 Å². The fourth-order valence-electron chi connectivity index (χ4n) is 3.25. The van der Waals surface area contributed by atoms with Gasteiger partial charge in [-0.15, -0.1) is 0 Å². The first-order valence-electron chi connectivity index (χ1n) is 8.99. The van der Waals surface area contributed by atoms with Crippen molar-refractivity contribution in [3.8, 4) is 11.8 Å². The summed E-state index contributed by atoms with van der Waals surface area (Å²) in [5.41, 5.74) is 0.756. The van der Waals surface area contributed by atoms with E-state index in [2.05, 4.69) is 10.1 Å². The molecule has 29 heavy (non-hydrogen) atoms. The molecule has 0 radical (unpaired) electrons. The molecular formula is C19H17FN6O2S. The van der Waals surface area contributed by atoms with Gasteiger partial charge in [-0.1, -0.05) is 11.8 Å². The molecule has 0 spiro atoms. The summed E-state index contributed by atoms with van der Waals surface area (Å²) in [7, 11) is 1.65. The van der Waals surface area contributed by atoms with Crippen LogP contribution < -0.4 is 5.56 Å². The Bertz CT molecular complexity index is 1180. The Hall–Kier alpha value is -3.19. The molecule has 1 aliphatic heterocycles. The summed E-state index contributed by atoms with van der Waals surface area (Å²) in [4.78, 5) is 31.6. The number of carbonyl (C=O) groups is 1. The average Bonchev–Trinajstić information content (AvgIpc) is 3.32. The molecule has 148 valence electrons. The van der Waals surface area contributed by atoms with E-state index in [0.29, 0.717) is 34.2 Å². The molecule has 3 heterocycles. The summed E-state index contributed by atoms with van der Waals surface area (Å²) < 4.78 is 16.3. The fraction of sp³-hybridized carbons (Fsp3) is 0.316. The van der Waals surface area contributed by atoms with E-state index >= 15 is 0 Å². The minimum absolute atomic E-state index is 0.118. The molecule has 2 aromatic heterocycles. The van der Waals surface area contributed by atoms with Gasteiger partial charge in [0.2, 0.25) is 5.91 Å². The number of carbonyl (C=O) groups excluding carboxylic acids is 1. The van der Waals surface area contributed by atoms with Gasteiger partial charge >= 0.3 is 0 Å². The maximum Gasteiger partial charge on any atom is 0.265 e. The first-order chi connectivity index (χ1) is 14.0. The molecule has 0 saturated carbocycles. The van der Waals surface area contributed by atoms with Gasteiger partial charge in [-0.3, -0.25) is 14.2 Å². The van der Waals surface area contributed by atoms with Crippen LogP contribution in [0.4, 0.5) is 4.39 Å². The molecule has 0 N–H and O–H groups in total. The number of hydrogen-bond donors (Lipinski definition) is 0. The lowest BCUT2D eigenvalue weighted by atomic mass is 10.2. The number of thioether (sulfide) groups is 1. The Morgan fingerprint density at radius 3 is 2.90 bits per heavy atom. The van der Waals surface area contributed by atoms with Crippen molar-refractivity contribution in [2.45, 2.75) is 24.0 Å². The predicted octanol–water partition coefficient (Wildman–Crippen LogP) is 2.13. The second-order valence-corrected chi connectivity index (χ2v) is 7.72. The zero-order chi connectivity index (χ0) is 20.5. The highest BCUT2D eigenvalue weighted by Crippen LogP contribution is 2.33. The number of hydrogen-bond acceptors (Lipinski definition) is 6. The highest BCUT2D eigenvalue weighted by molar-refractivity contribution is 7.99. The first kappa shape index (κ1) is 19.1. The van der Waals surface area contributed by atoms with Crippen molar-refractivity contribution in [1.29, 1.82) is 5.26 Å². The Morgan fingerprint density at radius 1 is 1.41 bits per heavy atom. The molecule has 0 aliphatic carbocycles. The Morgan fingerprint density at radius 2 is 2.17 bits per heavy atom. The van der Waals surface area contributed by atoms with Crippen LogP contribution in [0.3, 0.4) is 0 Å². The van der Waals surface area contributed by atoms with Crippen LogP contribution in [0.2, 0.25) is 0 Å². The van der Waals surface area contributed by atoms with Crippen LogP contribution in [0.25, 0.3) is 16.7 Å². The molecule has 0 saturated heterocycles. The van der Waals surface area contributed by atoms with Gasteiger partial charge in [0.25, 0.3) is 5.56 Å². The van der Waals surface area contributed by atoms with Crippen molar-refractivity contribution < 1.29 is 9.18 Å². The molecule has 3 aromatic rings. The van der Waals surface area contributed by atoms with Gasteiger partial charge in [0.05, 0.1) is 30.4 Å². The number of fused-ring (bicyclic) bond motifs is 2. The van der Waals surface area contributed by atoms with Gasteiger partial charge in [0, 0.05) is 25.8 Å². The van der Waals surface area contributed by atoms with Crippen molar-refractivity contribution in [2.75, 3.05) is 19.3 Å². The van der Waals surface area contributed by atoms with Crippen LogP contribution in [0, 0.1) is 17.1 Å². The van der Waals surface area contributed by atoms with Gasteiger partial charge in [-0.05, 0) is 24.3 Å². The normalized spacial score (nSPS) is 15.3. The van der Waals surface area contributed by atoms with Crippen molar-refractivity contribution in [2.24, 2.45) is 0 Å². The lowest BCUT2D eigenvalue weighted by Crippen LogP contribution is -2.32. The second kappa shape index (κ2) is 7.67. The molecule has 1 unspecified atom stereocenters. The summed E-state index contributed by atoms with van der Waals surface area (Å²) in [5, 5.41) is 13.8. The number of rotatable bonds is 5. The van der Waals surface area contributed by atoms with Crippen LogP contribution in [-0.2, 0) is 4.79 Å². The first-order valence-corrected chi connectivity index (χ1v) is 9.98. The summed E-state index contributed by atoms with van der Waals surface area (Å²) in [6.07, 6.45) is 1.88. The zero-order valence-electron chi connectivity index (χ0n) is 15.6. The predicted molar refractivity (Wildman–Crippen MR) is 105 cm³/mol. The van der Waals surface area contributed by atoms with E-state index in [1.807, 2.05) is 6.07 Å². The van der Waals surface area contributed by atoms with Crippen molar-refractivity contribution in [3.05, 3.63) is 46.6 Å². The zero-order valence-corrected chi connectivity index (χ0v) is 16.4. The fourth-order valence-corrected chi connectivity index (χ4v) is 4.38. The summed E-state index contributed by atoms with van der Waals surface area (Å²) in [5.74, 6) is 0.0889. The maximum absolute atomic E-state index is 13.2.